The van der Waals surface area contributed by atoms with Crippen molar-refractivity contribution in [3.05, 3.63) is 156 Å². The molecule has 4 saturated carbocycles. The molecule has 1 heterocycles. The predicted octanol–water partition coefficient (Wildman–Crippen LogP) is 17.3. The molecule has 19 nitrogen and oxygen atoms in total. The zero-order chi connectivity index (χ0) is 76.2. The number of carbonyl (C=O) groups is 7. The maximum atomic E-state index is 14.0. The third kappa shape index (κ3) is 26.1. The zero-order valence-electron chi connectivity index (χ0n) is 65.0. The molecule has 0 spiro atoms. The van der Waals surface area contributed by atoms with Crippen molar-refractivity contribution in [1.29, 1.82) is 0 Å². The van der Waals surface area contributed by atoms with Gasteiger partial charge in [-0.2, -0.15) is 0 Å². The quantitative estimate of drug-likeness (QED) is 0.0161. The van der Waals surface area contributed by atoms with E-state index in [-0.39, 0.29) is 79.3 Å². The highest BCUT2D eigenvalue weighted by molar-refractivity contribution is 5.92. The van der Waals surface area contributed by atoms with E-state index in [1.165, 1.54) is 116 Å². The molecular weight excluding hydrogens is 1370 g/mol. The van der Waals surface area contributed by atoms with Gasteiger partial charge in [0.25, 0.3) is 0 Å². The maximum absolute atomic E-state index is 14.0. The first kappa shape index (κ1) is 84.6. The number of rotatable bonds is 46. The van der Waals surface area contributed by atoms with Gasteiger partial charge in [-0.15, -0.1) is 0 Å². The van der Waals surface area contributed by atoms with Gasteiger partial charge in [0.15, 0.2) is 24.6 Å². The minimum absolute atomic E-state index is 0.0154. The fourth-order valence-electron chi connectivity index (χ4n) is 18.1. The zero-order valence-corrected chi connectivity index (χ0v) is 65.0. The standard InChI is InChI=1S/C89H125N3O16/c1-5-6-7-8-9-10-11-12-13-14-15-16-17-18-19-34-56-92-87(99)104-71-51-53-88(3)70(63-71)46-47-72-74-49-48-73(89(74,4)54-52-75(72)88)65(2)45-50-78(94)90-55-35-24-33-44-77(93)91-57-58-100-59-60-101-61-62-102-86-81(108-85(98)69-42-31-23-32-43-69)80(107-84(97)68-40-29-22-30-41-68)79(106-83(96)67-38-27-21-28-39-67)76(105-86)64-103-82(95)66-36-25-20-26-37-66/h12-13,20-23,25-32,36-43,65,70-76,79-81,86H,5-11,14-19,24,33-35,44-64H2,1-4H3,(H,90,94)(H,91,93)(H,92,99)/b13-12-/t65?,70?,71-,72?,73?,74?,75?,76?,79-,80?,81?,86+,88+,89-/m1/s1. The molecule has 1 saturated heterocycles. The van der Waals surface area contributed by atoms with Crippen LogP contribution in [0, 0.1) is 46.3 Å². The number of carbonyl (C=O) groups excluding carboxylic acids is 7. The number of fused-ring (bicyclic) bond motifs is 5. The molecule has 0 aromatic heterocycles. The summed E-state index contributed by atoms with van der Waals surface area (Å²) < 4.78 is 54.5. The first-order valence-corrected chi connectivity index (χ1v) is 41.2. The Kier molecular flexibility index (Phi) is 35.7. The highest BCUT2D eigenvalue weighted by atomic mass is 16.7. The first-order valence-electron chi connectivity index (χ1n) is 41.2. The molecule has 0 bridgehead atoms. The number of allylic oxidation sites excluding steroid dienone is 2. The highest BCUT2D eigenvalue weighted by Crippen LogP contribution is 2.68. The molecule has 4 aliphatic carbocycles. The lowest BCUT2D eigenvalue weighted by atomic mass is 9.44. The van der Waals surface area contributed by atoms with Gasteiger partial charge in [0.2, 0.25) is 11.8 Å². The maximum Gasteiger partial charge on any atom is 0.407 e. The van der Waals surface area contributed by atoms with Gasteiger partial charge < -0.3 is 58.6 Å². The molecule has 14 atom stereocenters. The molecule has 5 aliphatic rings. The van der Waals surface area contributed by atoms with Crippen LogP contribution in [0.2, 0.25) is 0 Å². The van der Waals surface area contributed by atoms with E-state index in [1.807, 2.05) is 0 Å². The summed E-state index contributed by atoms with van der Waals surface area (Å²) in [4.78, 5) is 94.0. The fourth-order valence-corrected chi connectivity index (χ4v) is 18.1. The van der Waals surface area contributed by atoms with Crippen molar-refractivity contribution < 1.29 is 76.2 Å². The summed E-state index contributed by atoms with van der Waals surface area (Å²) in [5, 5.41) is 9.16. The number of alkyl carbamates (subject to hydrolysis) is 1. The Hall–Kier alpha value is -7.45. The molecule has 108 heavy (non-hydrogen) atoms. The van der Waals surface area contributed by atoms with Gasteiger partial charge in [0.1, 0.15) is 18.8 Å². The van der Waals surface area contributed by atoms with Crippen molar-refractivity contribution in [2.45, 2.75) is 251 Å². The van der Waals surface area contributed by atoms with E-state index in [9.17, 15) is 33.6 Å². The number of unbranched alkanes of at least 4 members (excludes halogenated alkanes) is 14. The second-order valence-electron chi connectivity index (χ2n) is 31.4. The largest absolute Gasteiger partial charge is 0.459 e. The Labute approximate surface area is 642 Å². The normalized spacial score (nSPS) is 25.3. The second kappa shape index (κ2) is 45.6. The number of ether oxygens (including phenoxy) is 9. The van der Waals surface area contributed by atoms with Gasteiger partial charge in [0.05, 0.1) is 55.3 Å². The van der Waals surface area contributed by atoms with Crippen LogP contribution in [0.3, 0.4) is 0 Å². The molecule has 4 aromatic carbocycles. The average molecular weight is 1490 g/mol. The Morgan fingerprint density at radius 1 is 0.481 bits per heavy atom. The van der Waals surface area contributed by atoms with Gasteiger partial charge in [-0.3, -0.25) is 9.59 Å². The minimum Gasteiger partial charge on any atom is -0.459 e. The SMILES string of the molecule is CCCCCCCC/C=C\CCCCCCCCNC(=O)O[C@@H]1CC[C@@]2(C)C(CCC3C4CCC(C(C)CCC(=O)NCCCCCC(=O)NCCOCCOCCO[C@H]5OC(COC(=O)c6ccccc6)[C@@H](OC(=O)c6ccccc6)C(OC(=O)c6ccccc6)C5OC(=O)c5ccccc5)[C@@]4(C)CCC32)C1. The van der Waals surface area contributed by atoms with Gasteiger partial charge >= 0.3 is 30.0 Å². The van der Waals surface area contributed by atoms with Gasteiger partial charge in [0, 0.05) is 32.5 Å². The molecule has 19 heteroatoms. The minimum atomic E-state index is -1.57. The highest BCUT2D eigenvalue weighted by Gasteiger charge is 2.61. The van der Waals surface area contributed by atoms with Crippen molar-refractivity contribution in [3.8, 4) is 0 Å². The van der Waals surface area contributed by atoms with Crippen LogP contribution in [0.25, 0.3) is 0 Å². The van der Waals surface area contributed by atoms with E-state index in [0.29, 0.717) is 67.5 Å². The van der Waals surface area contributed by atoms with Gasteiger partial charge in [-0.1, -0.05) is 177 Å². The van der Waals surface area contributed by atoms with E-state index in [4.69, 9.17) is 42.6 Å². The molecule has 4 aromatic rings. The molecular formula is C89H125N3O16. The number of nitrogens with one attached hydrogen (secondary N) is 3. The fraction of sp³-hybridized carbons (Fsp3) is 0.629. The topological polar surface area (TPSA) is 239 Å². The van der Waals surface area contributed by atoms with Crippen molar-refractivity contribution >= 4 is 41.8 Å². The Bertz CT molecular complexity index is 3360. The summed E-state index contributed by atoms with van der Waals surface area (Å²) >= 11 is 0. The number of hydrogen-bond donors (Lipinski definition) is 3. The van der Waals surface area contributed by atoms with Crippen LogP contribution >= 0.6 is 0 Å². The summed E-state index contributed by atoms with van der Waals surface area (Å²) in [7, 11) is 0. The number of esters is 4. The molecule has 5 fully saturated rings. The van der Waals surface area contributed by atoms with Crippen molar-refractivity contribution in [2.75, 3.05) is 59.3 Å². The van der Waals surface area contributed by atoms with Crippen molar-refractivity contribution in [1.82, 2.24) is 16.0 Å². The third-order valence-electron chi connectivity index (χ3n) is 24.0. The van der Waals surface area contributed by atoms with E-state index in [0.717, 1.165) is 69.1 Å². The lowest BCUT2D eigenvalue weighted by Crippen LogP contribution is -2.63. The van der Waals surface area contributed by atoms with Crippen LogP contribution in [-0.4, -0.2) is 138 Å². The summed E-state index contributed by atoms with van der Waals surface area (Å²) in [5.74, 6) is 0.849. The smallest absolute Gasteiger partial charge is 0.407 e. The van der Waals surface area contributed by atoms with Gasteiger partial charge in [-0.25, -0.2) is 24.0 Å². The molecule has 592 valence electrons. The van der Waals surface area contributed by atoms with E-state index < -0.39 is 61.2 Å². The summed E-state index contributed by atoms with van der Waals surface area (Å²) in [6.45, 7) is 11.5. The first-order chi connectivity index (χ1) is 52.6. The van der Waals surface area contributed by atoms with Crippen LogP contribution in [-0.2, 0) is 52.2 Å². The van der Waals surface area contributed by atoms with Crippen molar-refractivity contribution in [3.63, 3.8) is 0 Å². The monoisotopic (exact) mass is 1490 g/mol. The Morgan fingerprint density at radius 2 is 0.981 bits per heavy atom. The number of hydrogen-bond acceptors (Lipinski definition) is 16. The van der Waals surface area contributed by atoms with E-state index in [2.05, 4.69) is 55.8 Å². The summed E-state index contributed by atoms with van der Waals surface area (Å²) in [6, 6.07) is 32.7. The van der Waals surface area contributed by atoms with Crippen LogP contribution in [0.4, 0.5) is 4.79 Å². The van der Waals surface area contributed by atoms with Crippen molar-refractivity contribution in [2.24, 2.45) is 46.3 Å². The molecule has 9 rings (SSSR count). The van der Waals surface area contributed by atoms with Crippen LogP contribution in [0.5, 0.6) is 0 Å². The second-order valence-corrected chi connectivity index (χ2v) is 31.4. The van der Waals surface area contributed by atoms with Crippen LogP contribution in [0.15, 0.2) is 133 Å². The Morgan fingerprint density at radius 3 is 1.60 bits per heavy atom. The van der Waals surface area contributed by atoms with Crippen LogP contribution in [0.1, 0.15) is 255 Å². The lowest BCUT2D eigenvalue weighted by Gasteiger charge is -2.61. The number of benzene rings is 4. The molecule has 0 radical (unpaired) electrons. The Balaban J connectivity index is 0.618. The molecule has 3 amide bonds. The van der Waals surface area contributed by atoms with Gasteiger partial charge in [-0.05, 0) is 204 Å². The van der Waals surface area contributed by atoms with E-state index >= 15 is 0 Å². The number of amides is 3. The average Bonchev–Trinajstić information content (AvgIpc) is 1.44. The molecule has 1 aliphatic heterocycles. The third-order valence-corrected chi connectivity index (χ3v) is 24.0. The lowest BCUT2D eigenvalue weighted by molar-refractivity contribution is -0.300. The summed E-state index contributed by atoms with van der Waals surface area (Å²) in [5.41, 5.74) is 1.37. The predicted molar refractivity (Wildman–Crippen MR) is 416 cm³/mol. The molecule has 9 unspecified atom stereocenters. The molecule has 3 N–H and O–H groups in total. The van der Waals surface area contributed by atoms with E-state index in [1.54, 1.807) is 121 Å². The summed E-state index contributed by atoms with van der Waals surface area (Å²) in [6.07, 6.45) is 29.9. The van der Waals surface area contributed by atoms with Crippen LogP contribution < -0.4 is 16.0 Å².